The zero-order chi connectivity index (χ0) is 9.94. The first-order valence-electron chi connectivity index (χ1n) is 5.81. The second-order valence-electron chi connectivity index (χ2n) is 3.78. The van der Waals surface area contributed by atoms with Crippen molar-refractivity contribution in [2.45, 2.75) is 65.7 Å². The third kappa shape index (κ3) is 9.59. The van der Waals surface area contributed by atoms with Gasteiger partial charge >= 0.3 is 0 Å². The van der Waals surface area contributed by atoms with E-state index in [9.17, 15) is 0 Å². The van der Waals surface area contributed by atoms with Gasteiger partial charge in [-0.15, -0.1) is 0 Å². The third-order valence-electron chi connectivity index (χ3n) is 2.29. The fourth-order valence-corrected chi connectivity index (χ4v) is 1.31. The Morgan fingerprint density at radius 1 is 0.923 bits per heavy atom. The van der Waals surface area contributed by atoms with Crippen LogP contribution in [0.15, 0.2) is 4.99 Å². The largest absolute Gasteiger partial charge is 0.294 e. The van der Waals surface area contributed by atoms with Crippen LogP contribution in [0.25, 0.3) is 0 Å². The van der Waals surface area contributed by atoms with E-state index in [1.807, 2.05) is 0 Å². The molecule has 13 heavy (non-hydrogen) atoms. The summed E-state index contributed by atoms with van der Waals surface area (Å²) in [6.07, 6.45) is 9.11. The lowest BCUT2D eigenvalue weighted by atomic mass is 10.1. The highest BCUT2D eigenvalue weighted by atomic mass is 14.7. The van der Waals surface area contributed by atoms with Crippen LogP contribution in [0.4, 0.5) is 0 Å². The van der Waals surface area contributed by atoms with E-state index in [0.29, 0.717) is 0 Å². The fraction of sp³-hybridized carbons (Fsp3) is 0.917. The van der Waals surface area contributed by atoms with Crippen LogP contribution < -0.4 is 0 Å². The van der Waals surface area contributed by atoms with Crippen LogP contribution in [-0.2, 0) is 0 Å². The summed E-state index contributed by atoms with van der Waals surface area (Å²) in [6.45, 7) is 7.67. The summed E-state index contributed by atoms with van der Waals surface area (Å²) >= 11 is 0. The van der Waals surface area contributed by atoms with Gasteiger partial charge in [0.05, 0.1) is 0 Å². The monoisotopic (exact) mass is 183 g/mol. The van der Waals surface area contributed by atoms with Crippen molar-refractivity contribution in [3.63, 3.8) is 0 Å². The van der Waals surface area contributed by atoms with E-state index in [1.54, 1.807) is 0 Å². The Kier molecular flexibility index (Phi) is 9.51. The van der Waals surface area contributed by atoms with Gasteiger partial charge in [-0.3, -0.25) is 4.99 Å². The lowest BCUT2D eigenvalue weighted by Gasteiger charge is -2.00. The third-order valence-corrected chi connectivity index (χ3v) is 2.29. The Morgan fingerprint density at radius 3 is 2.23 bits per heavy atom. The summed E-state index contributed by atoms with van der Waals surface area (Å²) in [5.74, 6) is 0. The molecule has 0 rings (SSSR count). The molecular weight excluding hydrogens is 158 g/mol. The Labute approximate surface area is 83.6 Å². The zero-order valence-corrected chi connectivity index (χ0v) is 9.60. The predicted octanol–water partition coefficient (Wildman–Crippen LogP) is 4.22. The van der Waals surface area contributed by atoms with Crippen LogP contribution >= 0.6 is 0 Å². The highest BCUT2D eigenvalue weighted by Crippen LogP contribution is 2.03. The van der Waals surface area contributed by atoms with Crippen molar-refractivity contribution in [2.75, 3.05) is 6.54 Å². The second kappa shape index (κ2) is 9.76. The van der Waals surface area contributed by atoms with Crippen molar-refractivity contribution in [3.05, 3.63) is 0 Å². The number of aliphatic imine (C=N–C) groups is 1. The number of rotatable bonds is 8. The molecule has 0 radical (unpaired) electrons. The SMILES string of the molecule is CCCCCC/C(C)=N\CCCC. The van der Waals surface area contributed by atoms with Crippen LogP contribution in [0.2, 0.25) is 0 Å². The van der Waals surface area contributed by atoms with Gasteiger partial charge in [-0.25, -0.2) is 0 Å². The van der Waals surface area contributed by atoms with Crippen molar-refractivity contribution in [1.29, 1.82) is 0 Å². The number of unbranched alkanes of at least 4 members (excludes halogenated alkanes) is 4. The van der Waals surface area contributed by atoms with Gasteiger partial charge in [-0.05, 0) is 26.2 Å². The summed E-state index contributed by atoms with van der Waals surface area (Å²) in [5.41, 5.74) is 1.35. The van der Waals surface area contributed by atoms with Crippen LogP contribution in [0, 0.1) is 0 Å². The first-order valence-corrected chi connectivity index (χ1v) is 5.81. The van der Waals surface area contributed by atoms with Crippen molar-refractivity contribution < 1.29 is 0 Å². The van der Waals surface area contributed by atoms with Crippen LogP contribution in [-0.4, -0.2) is 12.3 Å². The standard InChI is InChI=1S/C12H25N/c1-4-6-8-9-10-12(3)13-11-7-5-2/h4-11H2,1-3H3/b13-12-. The molecular formula is C12H25N. The minimum absolute atomic E-state index is 1.04. The van der Waals surface area contributed by atoms with Crippen LogP contribution in [0.1, 0.15) is 65.7 Å². The second-order valence-corrected chi connectivity index (χ2v) is 3.78. The van der Waals surface area contributed by atoms with Gasteiger partial charge in [0, 0.05) is 12.3 Å². The van der Waals surface area contributed by atoms with Crippen molar-refractivity contribution >= 4 is 5.71 Å². The molecule has 0 aromatic heterocycles. The first-order chi connectivity index (χ1) is 6.31. The lowest BCUT2D eigenvalue weighted by molar-refractivity contribution is 0.680. The minimum atomic E-state index is 1.04. The highest BCUT2D eigenvalue weighted by molar-refractivity contribution is 5.81. The fourth-order valence-electron chi connectivity index (χ4n) is 1.31. The smallest absolute Gasteiger partial charge is 0.0388 e. The maximum absolute atomic E-state index is 4.53. The molecule has 0 bridgehead atoms. The molecule has 78 valence electrons. The Hall–Kier alpha value is -0.330. The topological polar surface area (TPSA) is 12.4 Å². The van der Waals surface area contributed by atoms with E-state index in [4.69, 9.17) is 0 Å². The normalized spacial score (nSPS) is 12.1. The van der Waals surface area contributed by atoms with Gasteiger partial charge in [0.25, 0.3) is 0 Å². The van der Waals surface area contributed by atoms with Crippen LogP contribution in [0.5, 0.6) is 0 Å². The lowest BCUT2D eigenvalue weighted by Crippen LogP contribution is -1.93. The van der Waals surface area contributed by atoms with Crippen LogP contribution in [0.3, 0.4) is 0 Å². The predicted molar refractivity (Wildman–Crippen MR) is 61.6 cm³/mol. The Balaban J connectivity index is 3.27. The molecule has 1 heteroatoms. The van der Waals surface area contributed by atoms with Crippen molar-refractivity contribution in [1.82, 2.24) is 0 Å². The molecule has 0 unspecified atom stereocenters. The van der Waals surface area contributed by atoms with E-state index >= 15 is 0 Å². The molecule has 0 aliphatic carbocycles. The van der Waals surface area contributed by atoms with Gasteiger partial charge < -0.3 is 0 Å². The minimum Gasteiger partial charge on any atom is -0.294 e. The highest BCUT2D eigenvalue weighted by Gasteiger charge is 1.91. The molecule has 0 heterocycles. The molecule has 0 atom stereocenters. The number of hydrogen-bond acceptors (Lipinski definition) is 1. The maximum atomic E-state index is 4.53. The molecule has 0 aromatic rings. The van der Waals surface area contributed by atoms with E-state index < -0.39 is 0 Å². The molecule has 0 saturated carbocycles. The zero-order valence-electron chi connectivity index (χ0n) is 9.60. The van der Waals surface area contributed by atoms with E-state index in [0.717, 1.165) is 6.54 Å². The van der Waals surface area contributed by atoms with E-state index in [-0.39, 0.29) is 0 Å². The molecule has 0 N–H and O–H groups in total. The van der Waals surface area contributed by atoms with Gasteiger partial charge in [-0.1, -0.05) is 39.5 Å². The molecule has 0 saturated heterocycles. The van der Waals surface area contributed by atoms with Gasteiger partial charge in [0.15, 0.2) is 0 Å². The van der Waals surface area contributed by atoms with E-state index in [2.05, 4.69) is 25.8 Å². The molecule has 1 nitrogen and oxygen atoms in total. The van der Waals surface area contributed by atoms with E-state index in [1.165, 1.54) is 50.7 Å². The summed E-state index contributed by atoms with van der Waals surface area (Å²) < 4.78 is 0. The maximum Gasteiger partial charge on any atom is 0.0388 e. The molecule has 0 aliphatic heterocycles. The van der Waals surface area contributed by atoms with Gasteiger partial charge in [-0.2, -0.15) is 0 Å². The summed E-state index contributed by atoms with van der Waals surface area (Å²) in [7, 11) is 0. The summed E-state index contributed by atoms with van der Waals surface area (Å²) in [4.78, 5) is 4.53. The summed E-state index contributed by atoms with van der Waals surface area (Å²) in [6, 6.07) is 0. The average Bonchev–Trinajstić information content (AvgIpc) is 2.13. The van der Waals surface area contributed by atoms with Crippen molar-refractivity contribution in [2.24, 2.45) is 4.99 Å². The Morgan fingerprint density at radius 2 is 1.62 bits per heavy atom. The average molecular weight is 183 g/mol. The Bertz CT molecular complexity index is 127. The van der Waals surface area contributed by atoms with Gasteiger partial charge in [0.2, 0.25) is 0 Å². The molecule has 0 aliphatic rings. The molecule has 0 aromatic carbocycles. The van der Waals surface area contributed by atoms with Crippen molar-refractivity contribution in [3.8, 4) is 0 Å². The number of hydrogen-bond donors (Lipinski definition) is 0. The molecule has 0 amide bonds. The number of nitrogens with zero attached hydrogens (tertiary/aromatic N) is 1. The molecule has 0 spiro atoms. The van der Waals surface area contributed by atoms with Gasteiger partial charge in [0.1, 0.15) is 0 Å². The first kappa shape index (κ1) is 12.7. The molecule has 0 fully saturated rings. The summed E-state index contributed by atoms with van der Waals surface area (Å²) in [5, 5.41) is 0. The quantitative estimate of drug-likeness (QED) is 0.395.